The Morgan fingerprint density at radius 3 is 2.28 bits per heavy atom. The zero-order valence-electron chi connectivity index (χ0n) is 12.3. The molecule has 0 aromatic heterocycles. The fraction of sp³-hybridized carbons (Fsp3) is 0.647. The lowest BCUT2D eigenvalue weighted by Crippen LogP contribution is -1.99. The maximum Gasteiger partial charge on any atom is 0.122 e. The Morgan fingerprint density at radius 2 is 1.89 bits per heavy atom. The van der Waals surface area contributed by atoms with E-state index in [-0.39, 0.29) is 5.83 Å². The van der Waals surface area contributed by atoms with Crippen LogP contribution in [0.15, 0.2) is 36.2 Å². The van der Waals surface area contributed by atoms with Gasteiger partial charge in [0.05, 0.1) is 0 Å². The first kappa shape index (κ1) is 17.2. The molecule has 1 aliphatic carbocycles. The summed E-state index contributed by atoms with van der Waals surface area (Å²) in [7, 11) is 0. The van der Waals surface area contributed by atoms with Crippen LogP contribution in [0, 0.1) is 5.92 Å². The average molecular weight is 252 g/mol. The number of hydrogen-bond acceptors (Lipinski definition) is 0. The summed E-state index contributed by atoms with van der Waals surface area (Å²) in [5.74, 6) is 0.767. The van der Waals surface area contributed by atoms with Crippen molar-refractivity contribution < 1.29 is 4.39 Å². The lowest BCUT2D eigenvalue weighted by Gasteiger charge is -2.15. The fourth-order valence-corrected chi connectivity index (χ4v) is 2.01. The van der Waals surface area contributed by atoms with Crippen LogP contribution in [0.4, 0.5) is 4.39 Å². The van der Waals surface area contributed by atoms with Gasteiger partial charge in [0.25, 0.3) is 0 Å². The second kappa shape index (κ2) is 11.3. The van der Waals surface area contributed by atoms with Crippen molar-refractivity contribution in [3.8, 4) is 0 Å². The third-order valence-corrected chi connectivity index (χ3v) is 3.21. The minimum absolute atomic E-state index is 0.269. The van der Waals surface area contributed by atoms with Gasteiger partial charge in [-0.15, -0.1) is 0 Å². The minimum Gasteiger partial charge on any atom is -0.207 e. The topological polar surface area (TPSA) is 0 Å². The number of unbranched alkanes of at least 4 members (excludes halogenated alkanes) is 1. The van der Waals surface area contributed by atoms with E-state index in [4.69, 9.17) is 0 Å². The lowest BCUT2D eigenvalue weighted by molar-refractivity contribution is 0.385. The van der Waals surface area contributed by atoms with Gasteiger partial charge in [-0.05, 0) is 31.4 Å². The van der Waals surface area contributed by atoms with Crippen molar-refractivity contribution in [1.82, 2.24) is 0 Å². The summed E-state index contributed by atoms with van der Waals surface area (Å²) in [6.45, 7) is 9.67. The van der Waals surface area contributed by atoms with Gasteiger partial charge in [-0.1, -0.05) is 70.6 Å². The number of halogens is 1. The molecule has 0 aliphatic heterocycles. The van der Waals surface area contributed by atoms with E-state index in [9.17, 15) is 4.39 Å². The van der Waals surface area contributed by atoms with Crippen LogP contribution in [0.3, 0.4) is 0 Å². The minimum atomic E-state index is -0.269. The first-order valence-electron chi connectivity index (χ1n) is 7.26. The van der Waals surface area contributed by atoms with Crippen molar-refractivity contribution in [2.45, 2.75) is 65.7 Å². The SMILES string of the molecule is C=C/C(F)=C\C(C)=C/CCC.CC1CCCCC1. The molecule has 0 atom stereocenters. The molecule has 1 rings (SSSR count). The molecular formula is C17H29F. The highest BCUT2D eigenvalue weighted by Crippen LogP contribution is 2.22. The second-order valence-corrected chi connectivity index (χ2v) is 5.21. The van der Waals surface area contributed by atoms with Gasteiger partial charge in [0.1, 0.15) is 5.83 Å². The molecular weight excluding hydrogens is 223 g/mol. The normalized spacial score (nSPS) is 18.0. The average Bonchev–Trinajstić information content (AvgIpc) is 2.38. The first-order chi connectivity index (χ1) is 8.60. The van der Waals surface area contributed by atoms with Gasteiger partial charge in [0.15, 0.2) is 0 Å². The zero-order valence-corrected chi connectivity index (χ0v) is 12.3. The molecule has 0 amide bonds. The summed E-state index contributed by atoms with van der Waals surface area (Å²) < 4.78 is 12.5. The first-order valence-corrected chi connectivity index (χ1v) is 7.26. The van der Waals surface area contributed by atoms with Gasteiger partial charge in [-0.3, -0.25) is 0 Å². The molecule has 18 heavy (non-hydrogen) atoms. The molecule has 0 aromatic rings. The van der Waals surface area contributed by atoms with Crippen molar-refractivity contribution in [1.29, 1.82) is 0 Å². The lowest BCUT2D eigenvalue weighted by atomic mass is 9.91. The number of rotatable bonds is 4. The zero-order chi connectivity index (χ0) is 13.8. The molecule has 104 valence electrons. The third kappa shape index (κ3) is 10.3. The Bertz CT molecular complexity index is 267. The van der Waals surface area contributed by atoms with E-state index in [2.05, 4.69) is 20.4 Å². The molecule has 1 aliphatic rings. The van der Waals surface area contributed by atoms with Crippen LogP contribution in [0.2, 0.25) is 0 Å². The smallest absolute Gasteiger partial charge is 0.122 e. The number of allylic oxidation sites excluding steroid dienone is 5. The van der Waals surface area contributed by atoms with Crippen LogP contribution >= 0.6 is 0 Å². The summed E-state index contributed by atoms with van der Waals surface area (Å²) in [5.41, 5.74) is 0.962. The Labute approximate surface area is 113 Å². The van der Waals surface area contributed by atoms with E-state index < -0.39 is 0 Å². The molecule has 1 saturated carbocycles. The standard InChI is InChI=1S/C10H15F.C7H14/c1-4-6-7-9(3)8-10(11)5-2;1-7-5-3-2-4-6-7/h5,7-8H,2,4,6H2,1,3H3;7H,2-6H2,1H3/b9-7-,10-8+;. The molecule has 0 bridgehead atoms. The molecule has 0 N–H and O–H groups in total. The van der Waals surface area contributed by atoms with Crippen molar-refractivity contribution in [3.63, 3.8) is 0 Å². The van der Waals surface area contributed by atoms with E-state index in [1.165, 1.54) is 44.3 Å². The van der Waals surface area contributed by atoms with E-state index in [0.29, 0.717) is 0 Å². The highest BCUT2D eigenvalue weighted by Gasteiger charge is 2.05. The Hall–Kier alpha value is -0.850. The quantitative estimate of drug-likeness (QED) is 0.511. The molecule has 0 spiro atoms. The second-order valence-electron chi connectivity index (χ2n) is 5.21. The highest BCUT2D eigenvalue weighted by atomic mass is 19.1. The van der Waals surface area contributed by atoms with E-state index in [0.717, 1.165) is 24.3 Å². The molecule has 0 unspecified atom stereocenters. The Kier molecular flexibility index (Phi) is 10.7. The van der Waals surface area contributed by atoms with Crippen molar-refractivity contribution in [3.05, 3.63) is 36.2 Å². The Balaban J connectivity index is 0.000000351. The van der Waals surface area contributed by atoms with Crippen LogP contribution in [0.25, 0.3) is 0 Å². The van der Waals surface area contributed by atoms with E-state index in [1.807, 2.05) is 13.0 Å². The summed E-state index contributed by atoms with van der Waals surface area (Å²) in [6, 6.07) is 0. The van der Waals surface area contributed by atoms with Gasteiger partial charge < -0.3 is 0 Å². The van der Waals surface area contributed by atoms with Crippen LogP contribution in [-0.4, -0.2) is 0 Å². The van der Waals surface area contributed by atoms with Gasteiger partial charge in [-0.2, -0.15) is 0 Å². The molecule has 0 radical (unpaired) electrons. The maximum absolute atomic E-state index is 12.5. The van der Waals surface area contributed by atoms with Crippen LogP contribution in [0.1, 0.15) is 65.7 Å². The van der Waals surface area contributed by atoms with Crippen molar-refractivity contribution in [2.24, 2.45) is 5.92 Å². The van der Waals surface area contributed by atoms with Crippen LogP contribution in [-0.2, 0) is 0 Å². The van der Waals surface area contributed by atoms with Gasteiger partial charge in [-0.25, -0.2) is 4.39 Å². The van der Waals surface area contributed by atoms with E-state index >= 15 is 0 Å². The molecule has 1 heteroatoms. The molecule has 1 fully saturated rings. The van der Waals surface area contributed by atoms with Gasteiger partial charge in [0, 0.05) is 0 Å². The molecule has 0 heterocycles. The van der Waals surface area contributed by atoms with Crippen molar-refractivity contribution in [2.75, 3.05) is 0 Å². The predicted octanol–water partition coefficient (Wildman–Crippen LogP) is 6.36. The summed E-state index contributed by atoms with van der Waals surface area (Å²) in [4.78, 5) is 0. The predicted molar refractivity (Wildman–Crippen MR) is 80.3 cm³/mol. The summed E-state index contributed by atoms with van der Waals surface area (Å²) in [5, 5.41) is 0. The van der Waals surface area contributed by atoms with Crippen LogP contribution < -0.4 is 0 Å². The van der Waals surface area contributed by atoms with Gasteiger partial charge >= 0.3 is 0 Å². The van der Waals surface area contributed by atoms with Crippen LogP contribution in [0.5, 0.6) is 0 Å². The fourth-order valence-electron chi connectivity index (χ4n) is 2.01. The molecule has 0 saturated heterocycles. The summed E-state index contributed by atoms with van der Waals surface area (Å²) >= 11 is 0. The number of hydrogen-bond donors (Lipinski definition) is 0. The van der Waals surface area contributed by atoms with Gasteiger partial charge in [0.2, 0.25) is 0 Å². The third-order valence-electron chi connectivity index (χ3n) is 3.21. The van der Waals surface area contributed by atoms with Crippen molar-refractivity contribution >= 4 is 0 Å². The highest BCUT2D eigenvalue weighted by molar-refractivity contribution is 5.23. The van der Waals surface area contributed by atoms with E-state index in [1.54, 1.807) is 0 Å². The molecule has 0 nitrogen and oxygen atoms in total. The maximum atomic E-state index is 12.5. The monoisotopic (exact) mass is 252 g/mol. The summed E-state index contributed by atoms with van der Waals surface area (Å²) in [6.07, 6.45) is 14.3. The largest absolute Gasteiger partial charge is 0.207 e. The Morgan fingerprint density at radius 1 is 1.28 bits per heavy atom. The molecule has 0 aromatic carbocycles.